The molecule has 0 radical (unpaired) electrons. The number of aliphatic hydroxyl groups is 2. The molecule has 2 bridgehead atoms. The van der Waals surface area contributed by atoms with Crippen molar-refractivity contribution in [2.75, 3.05) is 24.7 Å². The lowest BCUT2D eigenvalue weighted by molar-refractivity contribution is -0.0672. The number of nitrogen functional groups attached to an aromatic ring is 2. The Bertz CT molecular complexity index is 2040. The summed E-state index contributed by atoms with van der Waals surface area (Å²) in [6.07, 6.45) is -11.4. The van der Waals surface area contributed by atoms with Crippen LogP contribution in [0.1, 0.15) is 18.3 Å². The molecule has 0 aliphatic carbocycles. The standard InChI is InChI=1S/C22H26FN9O13P2/c1-6-27-16(24)10-7(23)2-31(17(10)28-6)20-13(34)14-9(43-20)4-41-47(38,39)45-15-12(33)8(3-40-46(36,37)44-14)42-21(15)32-5-26-11-18(32)29-22(25)30-19(11)35/h2,5,8-9,12-15,20-21,33-34H,3-4H2,1H3,(H,36,37)(H,38,39)(H2,24,27,28)(H3,25,29,30,35)/t8-,9-,12-,13-,14-,15-,20-,21-/m1/s1. The highest BCUT2D eigenvalue weighted by molar-refractivity contribution is 7.47. The van der Waals surface area contributed by atoms with Crippen LogP contribution in [0.2, 0.25) is 0 Å². The van der Waals surface area contributed by atoms with Gasteiger partial charge in [0.2, 0.25) is 5.95 Å². The summed E-state index contributed by atoms with van der Waals surface area (Å²) in [4.78, 5) is 51.9. The topological polar surface area (TPSA) is 317 Å². The fourth-order valence-electron chi connectivity index (χ4n) is 5.68. The van der Waals surface area contributed by atoms with Crippen LogP contribution < -0.4 is 17.0 Å². The Hall–Kier alpha value is -3.44. The molecule has 47 heavy (non-hydrogen) atoms. The van der Waals surface area contributed by atoms with Gasteiger partial charge in [-0.15, -0.1) is 0 Å². The minimum Gasteiger partial charge on any atom is -0.387 e. The van der Waals surface area contributed by atoms with E-state index >= 15 is 0 Å². The summed E-state index contributed by atoms with van der Waals surface area (Å²) in [5.74, 6) is -1.21. The number of phosphoric ester groups is 2. The molecule has 22 nitrogen and oxygen atoms in total. The molecule has 10 atom stereocenters. The van der Waals surface area contributed by atoms with Crippen molar-refractivity contribution in [1.29, 1.82) is 0 Å². The van der Waals surface area contributed by atoms with Crippen molar-refractivity contribution in [3.8, 4) is 0 Å². The predicted molar refractivity (Wildman–Crippen MR) is 150 cm³/mol. The summed E-state index contributed by atoms with van der Waals surface area (Å²) in [5.41, 5.74) is 10.4. The number of fused-ring (bicyclic) bond motifs is 5. The highest BCUT2D eigenvalue weighted by Crippen LogP contribution is 2.53. The Kier molecular flexibility index (Phi) is 7.74. The Morgan fingerprint density at radius 1 is 0.936 bits per heavy atom. The number of aryl methyl sites for hydroxylation is 1. The van der Waals surface area contributed by atoms with Gasteiger partial charge in [0.05, 0.1) is 24.9 Å². The predicted octanol–water partition coefficient (Wildman–Crippen LogP) is -1.29. The number of phosphoric acid groups is 2. The van der Waals surface area contributed by atoms with Gasteiger partial charge in [-0.3, -0.25) is 32.4 Å². The van der Waals surface area contributed by atoms with Crippen molar-refractivity contribution in [3.05, 3.63) is 34.5 Å². The highest BCUT2D eigenvalue weighted by atomic mass is 31.2. The zero-order valence-corrected chi connectivity index (χ0v) is 25.6. The van der Waals surface area contributed by atoms with Gasteiger partial charge in [-0.1, -0.05) is 0 Å². The summed E-state index contributed by atoms with van der Waals surface area (Å²) in [6, 6.07) is 0. The summed E-state index contributed by atoms with van der Waals surface area (Å²) >= 11 is 0. The molecule has 0 aromatic carbocycles. The third-order valence-electron chi connectivity index (χ3n) is 7.70. The molecule has 254 valence electrons. The number of hydrogen-bond donors (Lipinski definition) is 7. The number of rotatable bonds is 2. The first kappa shape index (κ1) is 32.1. The lowest BCUT2D eigenvalue weighted by Crippen LogP contribution is -2.36. The number of aromatic nitrogens is 7. The second-order valence-corrected chi connectivity index (χ2v) is 13.6. The van der Waals surface area contributed by atoms with Gasteiger partial charge in [0.1, 0.15) is 48.3 Å². The molecule has 3 fully saturated rings. The van der Waals surface area contributed by atoms with Gasteiger partial charge in [-0.2, -0.15) is 4.98 Å². The number of anilines is 2. The SMILES string of the molecule is Cc1nc(N)c2c(F)cn([C@@H]3O[C@@H]4COP(=O)(O)O[C@@H]5[C@H](O)[C@@H](COP(=O)(O)O[C@H]4[C@H]3O)O[C@H]5n3cnc4c(=O)[nH]c(N)nc43)c2n1. The lowest BCUT2D eigenvalue weighted by Gasteiger charge is -2.25. The van der Waals surface area contributed by atoms with Crippen LogP contribution in [-0.2, 0) is 36.7 Å². The van der Waals surface area contributed by atoms with Crippen LogP contribution in [0, 0.1) is 12.7 Å². The molecule has 3 aliphatic rings. The zero-order chi connectivity index (χ0) is 33.6. The maximum atomic E-state index is 14.9. The van der Waals surface area contributed by atoms with Crippen molar-refractivity contribution in [2.24, 2.45) is 0 Å². The van der Waals surface area contributed by atoms with Crippen molar-refractivity contribution in [1.82, 2.24) is 34.1 Å². The largest absolute Gasteiger partial charge is 0.472 e. The van der Waals surface area contributed by atoms with E-state index in [0.29, 0.717) is 0 Å². The van der Waals surface area contributed by atoms with E-state index in [1.165, 1.54) is 6.92 Å². The molecule has 25 heteroatoms. The first-order valence-corrected chi connectivity index (χ1v) is 16.6. The third-order valence-corrected chi connectivity index (χ3v) is 9.67. The van der Waals surface area contributed by atoms with E-state index in [-0.39, 0.29) is 39.8 Å². The Morgan fingerprint density at radius 3 is 2.32 bits per heavy atom. The van der Waals surface area contributed by atoms with E-state index in [2.05, 4.69) is 24.9 Å². The third kappa shape index (κ3) is 5.63. The minimum absolute atomic E-state index is 0.0927. The Labute approximate surface area is 260 Å². The second-order valence-electron chi connectivity index (χ2n) is 10.8. The molecular weight excluding hydrogens is 679 g/mol. The molecule has 0 saturated carbocycles. The van der Waals surface area contributed by atoms with E-state index < -0.39 is 89.3 Å². The van der Waals surface area contributed by atoms with Crippen LogP contribution in [0.25, 0.3) is 22.2 Å². The van der Waals surface area contributed by atoms with Crippen LogP contribution in [0.4, 0.5) is 16.2 Å². The molecule has 4 aromatic rings. The van der Waals surface area contributed by atoms with Gasteiger partial charge < -0.3 is 45.5 Å². The van der Waals surface area contributed by atoms with Crippen LogP contribution in [-0.4, -0.2) is 104 Å². The Balaban J connectivity index is 1.22. The maximum absolute atomic E-state index is 14.9. The summed E-state index contributed by atoms with van der Waals surface area (Å²) < 4.78 is 75.7. The molecule has 2 unspecified atom stereocenters. The number of nitrogens with two attached hydrogens (primary N) is 2. The number of halogens is 1. The number of aromatic amines is 1. The summed E-state index contributed by atoms with van der Waals surface area (Å²) in [6.45, 7) is -0.282. The van der Waals surface area contributed by atoms with Crippen LogP contribution in [0.5, 0.6) is 0 Å². The van der Waals surface area contributed by atoms with Crippen LogP contribution in [0.15, 0.2) is 17.3 Å². The second kappa shape index (κ2) is 11.3. The summed E-state index contributed by atoms with van der Waals surface area (Å²) in [7, 11) is -10.3. The van der Waals surface area contributed by atoms with Gasteiger partial charge >= 0.3 is 15.6 Å². The molecule has 3 saturated heterocycles. The number of aliphatic hydroxyl groups excluding tert-OH is 2. The van der Waals surface area contributed by atoms with Gasteiger partial charge in [-0.25, -0.2) is 28.5 Å². The van der Waals surface area contributed by atoms with E-state index in [1.54, 1.807) is 0 Å². The fourth-order valence-corrected chi connectivity index (χ4v) is 7.57. The Morgan fingerprint density at radius 2 is 1.60 bits per heavy atom. The number of nitrogens with zero attached hydrogens (tertiary/aromatic N) is 6. The fraction of sp³-hybridized carbons (Fsp3) is 0.500. The molecule has 4 aromatic heterocycles. The number of hydrogen-bond acceptors (Lipinski definition) is 17. The van der Waals surface area contributed by atoms with Crippen molar-refractivity contribution >= 4 is 49.6 Å². The van der Waals surface area contributed by atoms with Gasteiger partial charge in [0.25, 0.3) is 5.56 Å². The molecule has 7 rings (SSSR count). The van der Waals surface area contributed by atoms with E-state index in [1.807, 2.05) is 0 Å². The number of H-pyrrole nitrogens is 1. The molecule has 0 amide bonds. The number of nitrogens with one attached hydrogen (secondary N) is 1. The monoisotopic (exact) mass is 705 g/mol. The normalized spacial score (nSPS) is 36.6. The maximum Gasteiger partial charge on any atom is 0.472 e. The summed E-state index contributed by atoms with van der Waals surface area (Å²) in [5, 5.41) is 22.0. The average Bonchev–Trinajstić information content (AvgIpc) is 3.70. The molecule has 7 heterocycles. The van der Waals surface area contributed by atoms with Crippen molar-refractivity contribution in [3.63, 3.8) is 0 Å². The van der Waals surface area contributed by atoms with Gasteiger partial charge in [-0.05, 0) is 6.92 Å². The lowest BCUT2D eigenvalue weighted by atomic mass is 10.1. The van der Waals surface area contributed by atoms with Gasteiger partial charge in [0, 0.05) is 6.20 Å². The first-order valence-electron chi connectivity index (χ1n) is 13.6. The van der Waals surface area contributed by atoms with Crippen LogP contribution in [0.3, 0.4) is 0 Å². The van der Waals surface area contributed by atoms with Gasteiger partial charge in [0.15, 0.2) is 35.1 Å². The zero-order valence-electron chi connectivity index (χ0n) is 23.8. The highest BCUT2D eigenvalue weighted by Gasteiger charge is 2.54. The van der Waals surface area contributed by atoms with Crippen LogP contribution >= 0.6 is 15.6 Å². The molecule has 3 aliphatic heterocycles. The van der Waals surface area contributed by atoms with E-state index in [4.69, 9.17) is 39.0 Å². The van der Waals surface area contributed by atoms with E-state index in [9.17, 15) is 38.3 Å². The molecule has 0 spiro atoms. The number of imidazole rings is 1. The van der Waals surface area contributed by atoms with E-state index in [0.717, 1.165) is 21.7 Å². The quantitative estimate of drug-likeness (QED) is 0.119. The number of ether oxygens (including phenoxy) is 2. The van der Waals surface area contributed by atoms with Crippen molar-refractivity contribution < 1.29 is 61.1 Å². The molecular formula is C22H26FN9O13P2. The first-order chi connectivity index (χ1) is 22.1. The molecule has 9 N–H and O–H groups in total. The minimum atomic E-state index is -5.18. The average molecular weight is 705 g/mol. The smallest absolute Gasteiger partial charge is 0.387 e. The van der Waals surface area contributed by atoms with Crippen molar-refractivity contribution in [2.45, 2.75) is 56.0 Å².